The summed E-state index contributed by atoms with van der Waals surface area (Å²) in [6, 6.07) is 5.47. The number of hydrogen-bond donors (Lipinski definition) is 1. The fourth-order valence-electron chi connectivity index (χ4n) is 4.66. The fourth-order valence-corrected chi connectivity index (χ4v) is 4.66. The highest BCUT2D eigenvalue weighted by Crippen LogP contribution is 2.42. The van der Waals surface area contributed by atoms with E-state index in [4.69, 9.17) is 0 Å². The first kappa shape index (κ1) is 19.1. The van der Waals surface area contributed by atoms with Crippen LogP contribution in [-0.4, -0.2) is 59.1 Å². The van der Waals surface area contributed by atoms with Crippen LogP contribution >= 0.6 is 0 Å². The predicted molar refractivity (Wildman–Crippen MR) is 103 cm³/mol. The molecule has 0 spiro atoms. The van der Waals surface area contributed by atoms with Crippen LogP contribution in [0.5, 0.6) is 0 Å². The monoisotopic (exact) mass is 391 g/mol. The number of nitrogens with zero attached hydrogens (tertiary/aromatic N) is 2. The molecule has 1 aliphatic heterocycles. The van der Waals surface area contributed by atoms with Crippen molar-refractivity contribution in [2.24, 2.45) is 5.92 Å². The normalized spacial score (nSPS) is 22.1. The van der Waals surface area contributed by atoms with Gasteiger partial charge in [-0.1, -0.05) is 18.2 Å². The van der Waals surface area contributed by atoms with Crippen LogP contribution in [0.3, 0.4) is 0 Å². The van der Waals surface area contributed by atoms with Gasteiger partial charge in [0.05, 0.1) is 12.5 Å². The van der Waals surface area contributed by atoms with Gasteiger partial charge in [-0.2, -0.15) is 13.2 Å². The molecule has 2 atom stereocenters. The zero-order valence-electron chi connectivity index (χ0n) is 16.0. The van der Waals surface area contributed by atoms with Gasteiger partial charge in [0.15, 0.2) is 0 Å². The minimum absolute atomic E-state index is 0.0960. The molecule has 1 aliphatic carbocycles. The van der Waals surface area contributed by atoms with Crippen molar-refractivity contribution < 1.29 is 18.0 Å². The SMILES string of the molecule is CCN(CC)C(=O)C1C=C2c3cccc4[nH]cc(c34)CC2N(CC(F)(F)F)C1. The van der Waals surface area contributed by atoms with Gasteiger partial charge in [0, 0.05) is 42.8 Å². The standard InChI is InChI=1S/C21H24F3N3O/c1-3-26(4-2)20(28)14-8-16-15-6-5-7-17-19(15)13(10-25-17)9-18(16)27(11-14)12-21(22,23)24/h5-8,10,14,18,25H,3-4,9,11-12H2,1-2H3. The van der Waals surface area contributed by atoms with Crippen molar-refractivity contribution in [3.8, 4) is 0 Å². The Kier molecular flexibility index (Phi) is 4.73. The molecule has 2 unspecified atom stereocenters. The molecule has 4 nitrogen and oxygen atoms in total. The number of halogens is 3. The van der Waals surface area contributed by atoms with Gasteiger partial charge < -0.3 is 9.88 Å². The largest absolute Gasteiger partial charge is 0.401 e. The van der Waals surface area contributed by atoms with Gasteiger partial charge in [-0.15, -0.1) is 0 Å². The average Bonchev–Trinajstić information content (AvgIpc) is 3.06. The lowest BCUT2D eigenvalue weighted by Gasteiger charge is -2.42. The molecule has 0 saturated carbocycles. The number of rotatable bonds is 4. The molecule has 1 aromatic carbocycles. The molecule has 1 amide bonds. The highest BCUT2D eigenvalue weighted by atomic mass is 19.4. The van der Waals surface area contributed by atoms with E-state index >= 15 is 0 Å². The van der Waals surface area contributed by atoms with Gasteiger partial charge in [-0.25, -0.2) is 0 Å². The second kappa shape index (κ2) is 6.95. The molecule has 7 heteroatoms. The molecule has 2 aromatic rings. The number of H-pyrrole nitrogens is 1. The van der Waals surface area contributed by atoms with Crippen molar-refractivity contribution in [3.05, 3.63) is 41.6 Å². The van der Waals surface area contributed by atoms with E-state index in [1.54, 1.807) is 4.90 Å². The number of alkyl halides is 3. The molecule has 28 heavy (non-hydrogen) atoms. The van der Waals surface area contributed by atoms with E-state index in [1.165, 1.54) is 4.90 Å². The predicted octanol–water partition coefficient (Wildman–Crippen LogP) is 3.84. The summed E-state index contributed by atoms with van der Waals surface area (Å²) in [6.07, 6.45) is 0.0214. The van der Waals surface area contributed by atoms with Crippen LogP contribution in [0.25, 0.3) is 16.5 Å². The second-order valence-corrected chi connectivity index (χ2v) is 7.55. The van der Waals surface area contributed by atoms with Crippen molar-refractivity contribution in [2.45, 2.75) is 32.5 Å². The third-order valence-electron chi connectivity index (χ3n) is 5.90. The van der Waals surface area contributed by atoms with Crippen LogP contribution in [0.1, 0.15) is 25.0 Å². The van der Waals surface area contributed by atoms with E-state index in [9.17, 15) is 18.0 Å². The first-order valence-corrected chi connectivity index (χ1v) is 9.73. The van der Waals surface area contributed by atoms with E-state index in [-0.39, 0.29) is 18.5 Å². The van der Waals surface area contributed by atoms with Gasteiger partial charge in [0.25, 0.3) is 0 Å². The Hall–Kier alpha value is -2.28. The number of aromatic nitrogens is 1. The molecule has 0 radical (unpaired) electrons. The van der Waals surface area contributed by atoms with Crippen molar-refractivity contribution in [1.29, 1.82) is 0 Å². The Morgan fingerprint density at radius 3 is 2.71 bits per heavy atom. The molecule has 1 aromatic heterocycles. The summed E-state index contributed by atoms with van der Waals surface area (Å²) in [5.41, 5.74) is 3.80. The highest BCUT2D eigenvalue weighted by Gasteiger charge is 2.42. The molecule has 0 saturated heterocycles. The lowest BCUT2D eigenvalue weighted by molar-refractivity contribution is -0.153. The molecule has 1 N–H and O–H groups in total. The minimum atomic E-state index is -4.31. The minimum Gasteiger partial charge on any atom is -0.361 e. The smallest absolute Gasteiger partial charge is 0.361 e. The topological polar surface area (TPSA) is 39.3 Å². The van der Waals surface area contributed by atoms with E-state index in [2.05, 4.69) is 4.98 Å². The van der Waals surface area contributed by atoms with Crippen molar-refractivity contribution >= 4 is 22.4 Å². The number of nitrogens with one attached hydrogen (secondary N) is 1. The summed E-state index contributed by atoms with van der Waals surface area (Å²) < 4.78 is 40.0. The molecule has 2 heterocycles. The molecule has 150 valence electrons. The Balaban J connectivity index is 1.80. The third-order valence-corrected chi connectivity index (χ3v) is 5.90. The van der Waals surface area contributed by atoms with Gasteiger partial charge in [0.1, 0.15) is 0 Å². The summed E-state index contributed by atoms with van der Waals surface area (Å²) in [5.74, 6) is -0.667. The van der Waals surface area contributed by atoms with Gasteiger partial charge in [0.2, 0.25) is 5.91 Å². The Morgan fingerprint density at radius 2 is 2.04 bits per heavy atom. The van der Waals surface area contributed by atoms with Crippen LogP contribution in [0.2, 0.25) is 0 Å². The zero-order valence-corrected chi connectivity index (χ0v) is 16.0. The Bertz CT molecular complexity index is 927. The van der Waals surface area contributed by atoms with Crippen LogP contribution in [0.4, 0.5) is 13.2 Å². The maximum atomic E-state index is 13.3. The molecule has 2 aliphatic rings. The van der Waals surface area contributed by atoms with E-state index in [1.807, 2.05) is 44.3 Å². The first-order chi connectivity index (χ1) is 13.3. The number of fused-ring (bicyclic) bond motifs is 2. The summed E-state index contributed by atoms with van der Waals surface area (Å²) in [5, 5.41) is 1.06. The number of aromatic amines is 1. The number of amides is 1. The van der Waals surface area contributed by atoms with E-state index < -0.39 is 18.6 Å². The maximum absolute atomic E-state index is 13.3. The molecule has 4 rings (SSSR count). The van der Waals surface area contributed by atoms with Crippen LogP contribution in [0, 0.1) is 5.92 Å². The van der Waals surface area contributed by atoms with Gasteiger partial charge in [-0.05, 0) is 43.0 Å². The quantitative estimate of drug-likeness (QED) is 0.860. The number of carbonyl (C=O) groups excluding carboxylic acids is 1. The van der Waals surface area contributed by atoms with Crippen molar-refractivity contribution in [2.75, 3.05) is 26.2 Å². The molecule has 0 bridgehead atoms. The Morgan fingerprint density at radius 1 is 1.29 bits per heavy atom. The lowest BCUT2D eigenvalue weighted by Crippen LogP contribution is -2.52. The van der Waals surface area contributed by atoms with Crippen molar-refractivity contribution in [3.63, 3.8) is 0 Å². The van der Waals surface area contributed by atoms with Crippen LogP contribution < -0.4 is 0 Å². The number of carbonyl (C=O) groups is 1. The molecular weight excluding hydrogens is 367 g/mol. The van der Waals surface area contributed by atoms with Gasteiger partial charge in [-0.3, -0.25) is 9.69 Å². The first-order valence-electron chi connectivity index (χ1n) is 9.73. The summed E-state index contributed by atoms with van der Waals surface area (Å²) >= 11 is 0. The summed E-state index contributed by atoms with van der Waals surface area (Å²) in [4.78, 5) is 19.3. The molecular formula is C21H24F3N3O. The van der Waals surface area contributed by atoms with E-state index in [0.29, 0.717) is 19.5 Å². The van der Waals surface area contributed by atoms with Crippen molar-refractivity contribution in [1.82, 2.24) is 14.8 Å². The zero-order chi connectivity index (χ0) is 20.1. The summed E-state index contributed by atoms with van der Waals surface area (Å²) in [7, 11) is 0. The maximum Gasteiger partial charge on any atom is 0.401 e. The Labute approximate surface area is 162 Å². The number of hydrogen-bond acceptors (Lipinski definition) is 2. The highest BCUT2D eigenvalue weighted by molar-refractivity contribution is 5.99. The van der Waals surface area contributed by atoms with Crippen LogP contribution in [0.15, 0.2) is 30.5 Å². The van der Waals surface area contributed by atoms with Crippen LogP contribution in [-0.2, 0) is 11.2 Å². The molecule has 0 fully saturated rings. The van der Waals surface area contributed by atoms with Gasteiger partial charge >= 0.3 is 6.18 Å². The fraction of sp³-hybridized carbons (Fsp3) is 0.476. The summed E-state index contributed by atoms with van der Waals surface area (Å²) in [6.45, 7) is 3.97. The van der Waals surface area contributed by atoms with E-state index in [0.717, 1.165) is 27.6 Å². The second-order valence-electron chi connectivity index (χ2n) is 7.55. The third kappa shape index (κ3) is 3.21. The number of benzene rings is 1. The average molecular weight is 391 g/mol. The lowest BCUT2D eigenvalue weighted by atomic mass is 9.79.